The zero-order valence-electron chi connectivity index (χ0n) is 11.9. The number of rotatable bonds is 4. The van der Waals surface area contributed by atoms with Crippen LogP contribution in [0.5, 0.6) is 5.75 Å². The fraction of sp³-hybridized carbons (Fsp3) is 0.294. The lowest BCUT2D eigenvalue weighted by Gasteiger charge is -2.27. The molecule has 3 heteroatoms. The van der Waals surface area contributed by atoms with Crippen LogP contribution in [-0.2, 0) is 5.60 Å². The van der Waals surface area contributed by atoms with Gasteiger partial charge in [0.2, 0.25) is 0 Å². The van der Waals surface area contributed by atoms with E-state index in [1.807, 2.05) is 19.9 Å². The monoisotopic (exact) mass is 274 g/mol. The van der Waals surface area contributed by atoms with Gasteiger partial charge in [-0.15, -0.1) is 0 Å². The third-order valence-electron chi connectivity index (χ3n) is 3.17. The van der Waals surface area contributed by atoms with E-state index in [4.69, 9.17) is 4.74 Å². The van der Waals surface area contributed by atoms with Gasteiger partial charge in [-0.3, -0.25) is 0 Å². The van der Waals surface area contributed by atoms with Crippen molar-refractivity contribution < 1.29 is 14.2 Å². The molecule has 2 rings (SSSR count). The smallest absolute Gasteiger partial charge is 0.129 e. The molecular weight excluding hydrogens is 255 g/mol. The SMILES string of the molecule is CC(C)Oc1ccccc1C(C)(O)c1ccccc1F. The van der Waals surface area contributed by atoms with Crippen molar-refractivity contribution in [2.24, 2.45) is 0 Å². The van der Waals surface area contributed by atoms with Crippen LogP contribution in [0.3, 0.4) is 0 Å². The van der Waals surface area contributed by atoms with E-state index in [2.05, 4.69) is 0 Å². The van der Waals surface area contributed by atoms with E-state index >= 15 is 0 Å². The zero-order chi connectivity index (χ0) is 14.8. The Morgan fingerprint density at radius 3 is 2.15 bits per heavy atom. The second-order valence-corrected chi connectivity index (χ2v) is 5.21. The Kier molecular flexibility index (Phi) is 4.09. The molecule has 106 valence electrons. The van der Waals surface area contributed by atoms with Crippen molar-refractivity contribution >= 4 is 0 Å². The summed E-state index contributed by atoms with van der Waals surface area (Å²) in [5.74, 6) is 0.132. The number of ether oxygens (including phenoxy) is 1. The van der Waals surface area contributed by atoms with E-state index in [1.165, 1.54) is 6.07 Å². The van der Waals surface area contributed by atoms with E-state index < -0.39 is 11.4 Å². The summed E-state index contributed by atoms with van der Waals surface area (Å²) in [5.41, 5.74) is -0.657. The van der Waals surface area contributed by atoms with Crippen LogP contribution >= 0.6 is 0 Å². The first-order chi connectivity index (χ1) is 9.43. The van der Waals surface area contributed by atoms with Crippen LogP contribution in [-0.4, -0.2) is 11.2 Å². The molecule has 0 radical (unpaired) electrons. The molecule has 0 fully saturated rings. The lowest BCUT2D eigenvalue weighted by atomic mass is 9.87. The molecule has 2 nitrogen and oxygen atoms in total. The molecule has 2 aromatic carbocycles. The molecule has 0 bridgehead atoms. The van der Waals surface area contributed by atoms with Gasteiger partial charge in [0.05, 0.1) is 6.10 Å². The number of aliphatic hydroxyl groups is 1. The minimum atomic E-state index is -1.45. The summed E-state index contributed by atoms with van der Waals surface area (Å²) in [6, 6.07) is 13.4. The summed E-state index contributed by atoms with van der Waals surface area (Å²) in [5, 5.41) is 10.8. The van der Waals surface area contributed by atoms with Crippen molar-refractivity contribution in [3.05, 3.63) is 65.5 Å². The van der Waals surface area contributed by atoms with Gasteiger partial charge in [0, 0.05) is 11.1 Å². The highest BCUT2D eigenvalue weighted by atomic mass is 19.1. The normalized spacial score (nSPS) is 14.1. The second-order valence-electron chi connectivity index (χ2n) is 5.21. The average Bonchev–Trinajstić information content (AvgIpc) is 2.38. The van der Waals surface area contributed by atoms with Gasteiger partial charge < -0.3 is 9.84 Å². The first-order valence-corrected chi connectivity index (χ1v) is 6.66. The first kappa shape index (κ1) is 14.5. The molecule has 20 heavy (non-hydrogen) atoms. The Balaban J connectivity index is 2.52. The summed E-state index contributed by atoms with van der Waals surface area (Å²) in [7, 11) is 0. The maximum absolute atomic E-state index is 14.0. The first-order valence-electron chi connectivity index (χ1n) is 6.66. The summed E-state index contributed by atoms with van der Waals surface area (Å²) < 4.78 is 19.7. The molecule has 0 aliphatic carbocycles. The van der Waals surface area contributed by atoms with Gasteiger partial charge in [-0.2, -0.15) is 0 Å². The fourth-order valence-corrected chi connectivity index (χ4v) is 2.23. The molecule has 0 aliphatic heterocycles. The van der Waals surface area contributed by atoms with E-state index in [0.717, 1.165) is 0 Å². The molecular formula is C17H19FO2. The molecule has 1 atom stereocenters. The minimum Gasteiger partial charge on any atom is -0.491 e. The molecule has 1 N–H and O–H groups in total. The largest absolute Gasteiger partial charge is 0.491 e. The van der Waals surface area contributed by atoms with E-state index in [1.54, 1.807) is 43.3 Å². The van der Waals surface area contributed by atoms with E-state index in [0.29, 0.717) is 11.3 Å². The van der Waals surface area contributed by atoms with Gasteiger partial charge in [-0.05, 0) is 32.9 Å². The maximum atomic E-state index is 14.0. The molecule has 0 heterocycles. The third-order valence-corrected chi connectivity index (χ3v) is 3.17. The van der Waals surface area contributed by atoms with Crippen molar-refractivity contribution in [2.75, 3.05) is 0 Å². The lowest BCUT2D eigenvalue weighted by molar-refractivity contribution is 0.0918. The highest BCUT2D eigenvalue weighted by Gasteiger charge is 2.31. The number of hydrogen-bond acceptors (Lipinski definition) is 2. The Bertz CT molecular complexity index is 591. The number of halogens is 1. The van der Waals surface area contributed by atoms with Crippen molar-refractivity contribution in [3.63, 3.8) is 0 Å². The number of para-hydroxylation sites is 1. The molecule has 0 saturated heterocycles. The van der Waals surface area contributed by atoms with Crippen LogP contribution < -0.4 is 4.74 Å². The average molecular weight is 274 g/mol. The molecule has 0 amide bonds. The van der Waals surface area contributed by atoms with Gasteiger partial charge in [0.1, 0.15) is 17.2 Å². The summed E-state index contributed by atoms with van der Waals surface area (Å²) in [4.78, 5) is 0. The molecule has 0 aliphatic rings. The van der Waals surface area contributed by atoms with Crippen LogP contribution in [0.1, 0.15) is 31.9 Å². The summed E-state index contributed by atoms with van der Waals surface area (Å²) >= 11 is 0. The topological polar surface area (TPSA) is 29.5 Å². The zero-order valence-corrected chi connectivity index (χ0v) is 11.9. The molecule has 0 saturated carbocycles. The number of hydrogen-bond donors (Lipinski definition) is 1. The summed E-state index contributed by atoms with van der Waals surface area (Å²) in [6.07, 6.45) is -0.0208. The standard InChI is InChI=1S/C17H19FO2/c1-12(2)20-16-11-7-5-9-14(16)17(3,19)13-8-4-6-10-15(13)18/h4-12,19H,1-3H3. The maximum Gasteiger partial charge on any atom is 0.129 e. The quantitative estimate of drug-likeness (QED) is 0.917. The third kappa shape index (κ3) is 2.83. The van der Waals surface area contributed by atoms with Gasteiger partial charge >= 0.3 is 0 Å². The van der Waals surface area contributed by atoms with Gasteiger partial charge in [-0.25, -0.2) is 4.39 Å². The minimum absolute atomic E-state index is 0.0208. The molecule has 0 aromatic heterocycles. The number of benzene rings is 2. The molecule has 1 unspecified atom stereocenters. The van der Waals surface area contributed by atoms with E-state index in [9.17, 15) is 9.50 Å². The predicted molar refractivity (Wildman–Crippen MR) is 77.3 cm³/mol. The van der Waals surface area contributed by atoms with Gasteiger partial charge in [0.15, 0.2) is 0 Å². The van der Waals surface area contributed by atoms with Crippen LogP contribution in [0.25, 0.3) is 0 Å². The van der Waals surface area contributed by atoms with Gasteiger partial charge in [-0.1, -0.05) is 36.4 Å². The lowest BCUT2D eigenvalue weighted by Crippen LogP contribution is -2.25. The summed E-state index contributed by atoms with van der Waals surface area (Å²) in [6.45, 7) is 5.40. The Morgan fingerprint density at radius 2 is 1.55 bits per heavy atom. The van der Waals surface area contributed by atoms with Crippen molar-refractivity contribution in [3.8, 4) is 5.75 Å². The highest BCUT2D eigenvalue weighted by Crippen LogP contribution is 2.36. The van der Waals surface area contributed by atoms with E-state index in [-0.39, 0.29) is 11.7 Å². The van der Waals surface area contributed by atoms with Crippen molar-refractivity contribution in [1.29, 1.82) is 0 Å². The molecule has 2 aromatic rings. The Labute approximate surface area is 118 Å². The van der Waals surface area contributed by atoms with Crippen LogP contribution in [0, 0.1) is 5.82 Å². The van der Waals surface area contributed by atoms with Crippen LogP contribution in [0.4, 0.5) is 4.39 Å². The second kappa shape index (κ2) is 5.63. The predicted octanol–water partition coefficient (Wildman–Crippen LogP) is 3.87. The molecule has 0 spiro atoms. The Morgan fingerprint density at radius 1 is 1.00 bits per heavy atom. The Hall–Kier alpha value is -1.87. The van der Waals surface area contributed by atoms with Crippen LogP contribution in [0.15, 0.2) is 48.5 Å². The van der Waals surface area contributed by atoms with Crippen molar-refractivity contribution in [1.82, 2.24) is 0 Å². The highest BCUT2D eigenvalue weighted by molar-refractivity contribution is 5.44. The van der Waals surface area contributed by atoms with Crippen molar-refractivity contribution in [2.45, 2.75) is 32.5 Å². The van der Waals surface area contributed by atoms with Crippen LogP contribution in [0.2, 0.25) is 0 Å². The van der Waals surface area contributed by atoms with Gasteiger partial charge in [0.25, 0.3) is 0 Å². The fourth-order valence-electron chi connectivity index (χ4n) is 2.23.